The Hall–Kier alpha value is -2.00. The van der Waals surface area contributed by atoms with Crippen molar-refractivity contribution in [1.82, 2.24) is 0 Å². The Morgan fingerprint density at radius 3 is 2.41 bits per heavy atom. The number of aromatic carboxylic acids is 1. The van der Waals surface area contributed by atoms with Crippen LogP contribution in [0.15, 0.2) is 24.3 Å². The highest BCUT2D eigenvalue weighted by Gasteiger charge is 2.46. The first kappa shape index (κ1) is 16.4. The SMILES string of the molecule is CC(O)[C@H]1O[C@@H](OC(=O)c2cccc(C(=O)O)c2)[C@H](O)[C@@H]1O. The molecule has 1 heterocycles. The van der Waals surface area contributed by atoms with Crippen molar-refractivity contribution < 1.29 is 39.5 Å². The van der Waals surface area contributed by atoms with Gasteiger partial charge in [0, 0.05) is 0 Å². The van der Waals surface area contributed by atoms with Crippen LogP contribution in [0.3, 0.4) is 0 Å². The summed E-state index contributed by atoms with van der Waals surface area (Å²) in [5, 5.41) is 37.7. The van der Waals surface area contributed by atoms with Crippen LogP contribution in [0, 0.1) is 0 Å². The molecule has 1 fully saturated rings. The zero-order valence-electron chi connectivity index (χ0n) is 11.6. The minimum absolute atomic E-state index is 0.0364. The van der Waals surface area contributed by atoms with Crippen molar-refractivity contribution in [1.29, 1.82) is 0 Å². The van der Waals surface area contributed by atoms with Gasteiger partial charge in [0.25, 0.3) is 0 Å². The van der Waals surface area contributed by atoms with Crippen LogP contribution in [0.4, 0.5) is 0 Å². The van der Waals surface area contributed by atoms with Gasteiger partial charge in [-0.2, -0.15) is 0 Å². The summed E-state index contributed by atoms with van der Waals surface area (Å²) in [5.41, 5.74) is -0.130. The van der Waals surface area contributed by atoms with Gasteiger partial charge in [-0.1, -0.05) is 6.07 Å². The van der Waals surface area contributed by atoms with E-state index in [4.69, 9.17) is 14.6 Å². The number of rotatable bonds is 4. The molecule has 2 rings (SSSR count). The zero-order valence-corrected chi connectivity index (χ0v) is 11.6. The molecule has 0 bridgehead atoms. The van der Waals surface area contributed by atoms with Crippen LogP contribution in [0.2, 0.25) is 0 Å². The molecule has 1 unspecified atom stereocenters. The monoisotopic (exact) mass is 312 g/mol. The Labute approximate surface area is 125 Å². The molecule has 1 aromatic rings. The Morgan fingerprint density at radius 2 is 1.86 bits per heavy atom. The third-order valence-electron chi connectivity index (χ3n) is 3.30. The fourth-order valence-corrected chi connectivity index (χ4v) is 2.12. The molecule has 0 aliphatic carbocycles. The predicted molar refractivity (Wildman–Crippen MR) is 71.2 cm³/mol. The van der Waals surface area contributed by atoms with Crippen molar-refractivity contribution >= 4 is 11.9 Å². The van der Waals surface area contributed by atoms with E-state index in [1.165, 1.54) is 25.1 Å². The fraction of sp³-hybridized carbons (Fsp3) is 0.429. The maximum atomic E-state index is 12.0. The number of esters is 1. The number of carboxylic acids is 1. The van der Waals surface area contributed by atoms with E-state index in [0.29, 0.717) is 0 Å². The van der Waals surface area contributed by atoms with Crippen LogP contribution in [0.5, 0.6) is 0 Å². The topological polar surface area (TPSA) is 134 Å². The molecule has 0 saturated carbocycles. The Kier molecular flexibility index (Phi) is 4.77. The first-order valence-corrected chi connectivity index (χ1v) is 6.55. The van der Waals surface area contributed by atoms with Gasteiger partial charge in [0.1, 0.15) is 18.3 Å². The standard InChI is InChI=1S/C14H16O8/c1-6(15)11-9(16)10(17)14(21-11)22-13(20)8-4-2-3-7(5-8)12(18)19/h2-6,9-11,14-17H,1H3,(H,18,19)/t6?,9-,10+,11+,14-/m0/s1. The van der Waals surface area contributed by atoms with Crippen LogP contribution >= 0.6 is 0 Å². The van der Waals surface area contributed by atoms with Crippen molar-refractivity contribution in [3.05, 3.63) is 35.4 Å². The summed E-state index contributed by atoms with van der Waals surface area (Å²) in [7, 11) is 0. The maximum absolute atomic E-state index is 12.0. The van der Waals surface area contributed by atoms with Crippen LogP contribution in [-0.4, -0.2) is 63.1 Å². The van der Waals surface area contributed by atoms with Crippen molar-refractivity contribution in [2.45, 2.75) is 37.6 Å². The highest BCUT2D eigenvalue weighted by molar-refractivity contribution is 5.94. The first-order chi connectivity index (χ1) is 10.3. The van der Waals surface area contributed by atoms with E-state index in [-0.39, 0.29) is 11.1 Å². The Morgan fingerprint density at radius 1 is 1.23 bits per heavy atom. The second kappa shape index (κ2) is 6.41. The molecular weight excluding hydrogens is 296 g/mol. The number of hydrogen-bond donors (Lipinski definition) is 4. The van der Waals surface area contributed by atoms with Gasteiger partial charge in [-0.05, 0) is 25.1 Å². The Balaban J connectivity index is 2.09. The maximum Gasteiger partial charge on any atom is 0.340 e. The number of aliphatic hydroxyl groups is 3. The highest BCUT2D eigenvalue weighted by Crippen LogP contribution is 2.25. The normalized spacial score (nSPS) is 29.1. The lowest BCUT2D eigenvalue weighted by atomic mass is 10.1. The van der Waals surface area contributed by atoms with Gasteiger partial charge in [-0.3, -0.25) is 0 Å². The van der Waals surface area contributed by atoms with E-state index in [0.717, 1.165) is 6.07 Å². The molecule has 1 aromatic carbocycles. The molecule has 1 aliphatic rings. The average Bonchev–Trinajstić information content (AvgIpc) is 2.76. The minimum Gasteiger partial charge on any atom is -0.478 e. The number of carbonyl (C=O) groups is 2. The predicted octanol–water partition coefficient (Wildman–Crippen LogP) is -0.631. The van der Waals surface area contributed by atoms with Gasteiger partial charge in [0.15, 0.2) is 0 Å². The minimum atomic E-state index is -1.51. The van der Waals surface area contributed by atoms with Gasteiger partial charge in [0.05, 0.1) is 17.2 Å². The molecule has 0 radical (unpaired) electrons. The van der Waals surface area contributed by atoms with E-state index in [1.54, 1.807) is 0 Å². The highest BCUT2D eigenvalue weighted by atomic mass is 16.7. The van der Waals surface area contributed by atoms with Crippen molar-refractivity contribution in [3.8, 4) is 0 Å². The molecule has 4 N–H and O–H groups in total. The quantitative estimate of drug-likeness (QED) is 0.540. The van der Waals surface area contributed by atoms with Gasteiger partial charge in [-0.15, -0.1) is 0 Å². The molecule has 0 amide bonds. The summed E-state index contributed by atoms with van der Waals surface area (Å²) >= 11 is 0. The van der Waals surface area contributed by atoms with E-state index in [2.05, 4.69) is 0 Å². The Bertz CT molecular complexity index is 570. The lowest BCUT2D eigenvalue weighted by Crippen LogP contribution is -2.37. The second-order valence-electron chi connectivity index (χ2n) is 4.98. The third-order valence-corrected chi connectivity index (χ3v) is 3.30. The number of hydrogen-bond acceptors (Lipinski definition) is 7. The molecule has 8 heteroatoms. The van der Waals surface area contributed by atoms with Crippen LogP contribution in [-0.2, 0) is 9.47 Å². The molecule has 0 aromatic heterocycles. The number of ether oxygens (including phenoxy) is 2. The molecule has 1 saturated heterocycles. The van der Waals surface area contributed by atoms with E-state index in [9.17, 15) is 24.9 Å². The van der Waals surface area contributed by atoms with Gasteiger partial charge in [0.2, 0.25) is 6.29 Å². The molecule has 0 spiro atoms. The van der Waals surface area contributed by atoms with Crippen molar-refractivity contribution in [2.24, 2.45) is 0 Å². The average molecular weight is 312 g/mol. The van der Waals surface area contributed by atoms with E-state index in [1.807, 2.05) is 0 Å². The largest absolute Gasteiger partial charge is 0.478 e. The number of benzene rings is 1. The van der Waals surface area contributed by atoms with Crippen molar-refractivity contribution in [3.63, 3.8) is 0 Å². The number of carbonyl (C=O) groups excluding carboxylic acids is 1. The van der Waals surface area contributed by atoms with Crippen molar-refractivity contribution in [2.75, 3.05) is 0 Å². The molecular formula is C14H16O8. The molecule has 22 heavy (non-hydrogen) atoms. The third kappa shape index (κ3) is 3.25. The molecule has 5 atom stereocenters. The van der Waals surface area contributed by atoms with Gasteiger partial charge < -0.3 is 29.9 Å². The number of aliphatic hydroxyl groups excluding tert-OH is 3. The lowest BCUT2D eigenvalue weighted by molar-refractivity contribution is -0.148. The van der Waals surface area contributed by atoms with E-state index < -0.39 is 42.6 Å². The summed E-state index contributed by atoms with van der Waals surface area (Å²) in [6.07, 6.45) is -6.51. The first-order valence-electron chi connectivity index (χ1n) is 6.55. The summed E-state index contributed by atoms with van der Waals surface area (Å²) < 4.78 is 10.0. The van der Waals surface area contributed by atoms with Crippen LogP contribution < -0.4 is 0 Å². The van der Waals surface area contributed by atoms with Gasteiger partial charge >= 0.3 is 11.9 Å². The smallest absolute Gasteiger partial charge is 0.340 e. The second-order valence-corrected chi connectivity index (χ2v) is 4.98. The van der Waals surface area contributed by atoms with Gasteiger partial charge in [-0.25, -0.2) is 9.59 Å². The fourth-order valence-electron chi connectivity index (χ4n) is 2.12. The van der Waals surface area contributed by atoms with E-state index >= 15 is 0 Å². The number of carboxylic acid groups (broad SMARTS) is 1. The van der Waals surface area contributed by atoms with Crippen LogP contribution in [0.1, 0.15) is 27.6 Å². The summed E-state index contributed by atoms with van der Waals surface area (Å²) in [6.45, 7) is 1.36. The summed E-state index contributed by atoms with van der Waals surface area (Å²) in [4.78, 5) is 22.8. The molecule has 120 valence electrons. The van der Waals surface area contributed by atoms with Crippen LogP contribution in [0.25, 0.3) is 0 Å². The zero-order chi connectivity index (χ0) is 16.4. The summed E-state index contributed by atoms with van der Waals surface area (Å²) in [5.74, 6) is -2.11. The molecule has 1 aliphatic heterocycles. The summed E-state index contributed by atoms with van der Waals surface area (Å²) in [6, 6.07) is 5.15. The molecule has 8 nitrogen and oxygen atoms in total. The lowest BCUT2D eigenvalue weighted by Gasteiger charge is -2.16.